The fourth-order valence-electron chi connectivity index (χ4n) is 1.17. The Morgan fingerprint density at radius 1 is 1.60 bits per heavy atom. The molecule has 0 amide bonds. The van der Waals surface area contributed by atoms with Gasteiger partial charge in [0.2, 0.25) is 0 Å². The first-order chi connectivity index (χ1) is 7.13. The molecule has 0 aliphatic heterocycles. The molecule has 1 unspecified atom stereocenters. The molecule has 0 radical (unpaired) electrons. The van der Waals surface area contributed by atoms with E-state index >= 15 is 0 Å². The number of anilines is 1. The number of methoxy groups -OCH3 is 1. The lowest BCUT2D eigenvalue weighted by molar-refractivity contribution is 0.171. The number of nitrogens with zero attached hydrogens (tertiary/aromatic N) is 2. The molecule has 1 N–H and O–H groups in total. The highest BCUT2D eigenvalue weighted by Gasteiger charge is 2.05. The lowest BCUT2D eigenvalue weighted by Gasteiger charge is -2.11. The lowest BCUT2D eigenvalue weighted by Crippen LogP contribution is -2.29. The van der Waals surface area contributed by atoms with E-state index in [1.54, 1.807) is 18.4 Å². The Labute approximate surface area is 95.3 Å². The molecule has 0 aliphatic rings. The number of aromatic nitrogens is 1. The maximum Gasteiger partial charge on any atom is 0.185 e. The molecule has 0 bridgehead atoms. The molecule has 1 aromatic heterocycles. The second-order valence-electron chi connectivity index (χ2n) is 3.75. The molecular weight excluding hydrogens is 210 g/mol. The monoisotopic (exact) mass is 229 g/mol. The molecule has 0 fully saturated rings. The van der Waals surface area contributed by atoms with Crippen molar-refractivity contribution in [3.8, 4) is 0 Å². The van der Waals surface area contributed by atoms with Crippen molar-refractivity contribution in [2.24, 2.45) is 0 Å². The predicted octanol–water partition coefficient (Wildman–Crippen LogP) is 1.33. The molecule has 4 nitrogen and oxygen atoms in total. The van der Waals surface area contributed by atoms with E-state index in [0.29, 0.717) is 6.04 Å². The summed E-state index contributed by atoms with van der Waals surface area (Å²) in [7, 11) is 5.72. The molecule has 1 heterocycles. The highest BCUT2D eigenvalue weighted by atomic mass is 32.1. The maximum atomic E-state index is 5.05. The lowest BCUT2D eigenvalue weighted by atomic mass is 10.3. The van der Waals surface area contributed by atoms with E-state index in [1.165, 1.54) is 0 Å². The van der Waals surface area contributed by atoms with Crippen LogP contribution in [0.2, 0.25) is 0 Å². The average molecular weight is 229 g/mol. The van der Waals surface area contributed by atoms with E-state index in [4.69, 9.17) is 4.74 Å². The van der Waals surface area contributed by atoms with Crippen molar-refractivity contribution in [2.45, 2.75) is 19.5 Å². The smallest absolute Gasteiger partial charge is 0.185 e. The van der Waals surface area contributed by atoms with Gasteiger partial charge in [-0.25, -0.2) is 4.98 Å². The number of hydrogen-bond donors (Lipinski definition) is 1. The van der Waals surface area contributed by atoms with Crippen molar-refractivity contribution in [1.29, 1.82) is 0 Å². The van der Waals surface area contributed by atoms with Crippen LogP contribution in [0.15, 0.2) is 5.38 Å². The summed E-state index contributed by atoms with van der Waals surface area (Å²) in [4.78, 5) is 6.50. The summed E-state index contributed by atoms with van der Waals surface area (Å²) in [5, 5.41) is 6.49. The number of rotatable bonds is 6. The Hall–Kier alpha value is -0.650. The van der Waals surface area contributed by atoms with Crippen LogP contribution in [0.1, 0.15) is 12.6 Å². The fraction of sp³-hybridized carbons (Fsp3) is 0.700. The number of nitrogens with one attached hydrogen (secondary N) is 1. The van der Waals surface area contributed by atoms with Gasteiger partial charge >= 0.3 is 0 Å². The third kappa shape index (κ3) is 4.15. The van der Waals surface area contributed by atoms with Crippen LogP contribution in [0.4, 0.5) is 5.13 Å². The van der Waals surface area contributed by atoms with Crippen LogP contribution in [-0.4, -0.2) is 38.8 Å². The number of ether oxygens (including phenoxy) is 1. The van der Waals surface area contributed by atoms with E-state index < -0.39 is 0 Å². The van der Waals surface area contributed by atoms with Gasteiger partial charge in [-0.3, -0.25) is 0 Å². The zero-order valence-electron chi connectivity index (χ0n) is 9.78. The van der Waals surface area contributed by atoms with Crippen LogP contribution >= 0.6 is 11.3 Å². The van der Waals surface area contributed by atoms with Gasteiger partial charge in [-0.1, -0.05) is 0 Å². The summed E-state index contributed by atoms with van der Waals surface area (Å²) >= 11 is 1.67. The zero-order chi connectivity index (χ0) is 11.3. The standard InChI is InChI=1S/C10H19N3OS/c1-8(6-14-4)11-5-9-7-15-10(12-9)13(2)3/h7-8,11H,5-6H2,1-4H3. The predicted molar refractivity (Wildman–Crippen MR) is 64.6 cm³/mol. The number of thiazole rings is 1. The number of hydrogen-bond acceptors (Lipinski definition) is 5. The molecule has 0 saturated heterocycles. The minimum Gasteiger partial charge on any atom is -0.383 e. The Morgan fingerprint density at radius 2 is 2.33 bits per heavy atom. The van der Waals surface area contributed by atoms with Crippen LogP contribution in [-0.2, 0) is 11.3 Å². The summed E-state index contributed by atoms with van der Waals surface area (Å²) in [5.41, 5.74) is 1.09. The van der Waals surface area contributed by atoms with Crippen molar-refractivity contribution >= 4 is 16.5 Å². The topological polar surface area (TPSA) is 37.4 Å². The summed E-state index contributed by atoms with van der Waals surface area (Å²) in [6.07, 6.45) is 0. The third-order valence-electron chi connectivity index (χ3n) is 1.97. The molecule has 5 heteroatoms. The quantitative estimate of drug-likeness (QED) is 0.798. The first-order valence-corrected chi connectivity index (χ1v) is 5.85. The molecular formula is C10H19N3OS. The SMILES string of the molecule is COCC(C)NCc1csc(N(C)C)n1. The largest absolute Gasteiger partial charge is 0.383 e. The van der Waals surface area contributed by atoms with E-state index in [1.807, 2.05) is 19.0 Å². The van der Waals surface area contributed by atoms with Gasteiger partial charge in [0.1, 0.15) is 0 Å². The van der Waals surface area contributed by atoms with Crippen LogP contribution < -0.4 is 10.2 Å². The van der Waals surface area contributed by atoms with Crippen molar-refractivity contribution in [1.82, 2.24) is 10.3 Å². The van der Waals surface area contributed by atoms with Gasteiger partial charge in [-0.15, -0.1) is 11.3 Å². The van der Waals surface area contributed by atoms with Crippen LogP contribution in [0.25, 0.3) is 0 Å². The molecule has 0 aliphatic carbocycles. The minimum atomic E-state index is 0.361. The minimum absolute atomic E-state index is 0.361. The Bertz CT molecular complexity index is 288. The Morgan fingerprint density at radius 3 is 2.87 bits per heavy atom. The van der Waals surface area contributed by atoms with Gasteiger partial charge in [0.25, 0.3) is 0 Å². The first-order valence-electron chi connectivity index (χ1n) is 4.97. The summed E-state index contributed by atoms with van der Waals surface area (Å²) in [5.74, 6) is 0. The normalized spacial score (nSPS) is 12.8. The van der Waals surface area contributed by atoms with Gasteiger partial charge < -0.3 is 15.0 Å². The first kappa shape index (κ1) is 12.4. The Kier molecular flexibility index (Phi) is 5.01. The third-order valence-corrected chi connectivity index (χ3v) is 3.03. The second-order valence-corrected chi connectivity index (χ2v) is 4.59. The Balaban J connectivity index is 2.37. The van der Waals surface area contributed by atoms with Gasteiger partial charge in [0, 0.05) is 39.2 Å². The molecule has 86 valence electrons. The van der Waals surface area contributed by atoms with Crippen molar-refractivity contribution < 1.29 is 4.74 Å². The molecule has 0 aromatic carbocycles. The molecule has 1 aromatic rings. The van der Waals surface area contributed by atoms with Crippen molar-refractivity contribution in [3.05, 3.63) is 11.1 Å². The molecule has 15 heavy (non-hydrogen) atoms. The molecule has 0 spiro atoms. The molecule has 1 rings (SSSR count). The second kappa shape index (κ2) is 6.05. The highest BCUT2D eigenvalue weighted by molar-refractivity contribution is 7.13. The average Bonchev–Trinajstić information content (AvgIpc) is 2.63. The highest BCUT2D eigenvalue weighted by Crippen LogP contribution is 2.17. The van der Waals surface area contributed by atoms with Gasteiger partial charge in [0.15, 0.2) is 5.13 Å². The maximum absolute atomic E-state index is 5.05. The molecule has 0 saturated carbocycles. The van der Waals surface area contributed by atoms with E-state index in [-0.39, 0.29) is 0 Å². The summed E-state index contributed by atoms with van der Waals surface area (Å²) < 4.78 is 5.05. The van der Waals surface area contributed by atoms with E-state index in [9.17, 15) is 0 Å². The van der Waals surface area contributed by atoms with Crippen molar-refractivity contribution in [2.75, 3.05) is 32.7 Å². The fourth-order valence-corrected chi connectivity index (χ4v) is 1.93. The summed E-state index contributed by atoms with van der Waals surface area (Å²) in [6.45, 7) is 3.63. The molecule has 1 atom stereocenters. The van der Waals surface area contributed by atoms with Gasteiger partial charge in [0.05, 0.1) is 12.3 Å². The summed E-state index contributed by atoms with van der Waals surface area (Å²) in [6, 6.07) is 0.361. The van der Waals surface area contributed by atoms with E-state index in [2.05, 4.69) is 22.6 Å². The zero-order valence-corrected chi connectivity index (χ0v) is 10.6. The van der Waals surface area contributed by atoms with Crippen LogP contribution in [0.3, 0.4) is 0 Å². The van der Waals surface area contributed by atoms with E-state index in [0.717, 1.165) is 24.0 Å². The van der Waals surface area contributed by atoms with Crippen LogP contribution in [0, 0.1) is 0 Å². The van der Waals surface area contributed by atoms with Gasteiger partial charge in [-0.2, -0.15) is 0 Å². The van der Waals surface area contributed by atoms with Crippen LogP contribution in [0.5, 0.6) is 0 Å². The van der Waals surface area contributed by atoms with Crippen molar-refractivity contribution in [3.63, 3.8) is 0 Å². The van der Waals surface area contributed by atoms with Gasteiger partial charge in [-0.05, 0) is 6.92 Å².